The maximum absolute atomic E-state index is 11.6. The van der Waals surface area contributed by atoms with E-state index in [4.69, 9.17) is 9.88 Å². The molecule has 6 nitrogen and oxygen atoms in total. The topological polar surface area (TPSA) is 89.7 Å². The molecule has 2 N–H and O–H groups in total. The molecule has 0 bridgehead atoms. The first-order chi connectivity index (χ1) is 9.37. The van der Waals surface area contributed by atoms with Crippen LogP contribution in [0.2, 0.25) is 0 Å². The van der Waals surface area contributed by atoms with Gasteiger partial charge in [-0.25, -0.2) is 13.6 Å². The molecule has 0 radical (unpaired) electrons. The number of benzene rings is 1. The van der Waals surface area contributed by atoms with Crippen molar-refractivity contribution in [2.45, 2.75) is 13.0 Å². The quantitative estimate of drug-likeness (QED) is 0.699. The third-order valence-corrected chi connectivity index (χ3v) is 3.47. The van der Waals surface area contributed by atoms with Gasteiger partial charge in [0.25, 0.3) is 0 Å². The Hall–Kier alpha value is -1.44. The molecule has 0 aliphatic rings. The molecule has 0 fully saturated rings. The van der Waals surface area contributed by atoms with Gasteiger partial charge in [-0.05, 0) is 25.6 Å². The average Bonchev–Trinajstić information content (AvgIpc) is 2.36. The summed E-state index contributed by atoms with van der Waals surface area (Å²) < 4.78 is 26.6. The standard InChI is InChI=1S/C13H20N2O4S/c1-15(8-5-9-20(14,17)18)10-13(16)19-11-12-6-3-2-4-7-12/h2-4,6-7H,5,8-11H2,1H3,(H2,14,17,18). The summed E-state index contributed by atoms with van der Waals surface area (Å²) >= 11 is 0. The highest BCUT2D eigenvalue weighted by Crippen LogP contribution is 2.01. The fraction of sp³-hybridized carbons (Fsp3) is 0.462. The number of primary sulfonamides is 1. The third-order valence-electron chi connectivity index (χ3n) is 2.61. The molecule has 0 saturated carbocycles. The molecular formula is C13H20N2O4S. The number of esters is 1. The Kier molecular flexibility index (Phi) is 6.63. The monoisotopic (exact) mass is 300 g/mol. The normalized spacial score (nSPS) is 11.6. The van der Waals surface area contributed by atoms with Gasteiger partial charge < -0.3 is 4.74 Å². The van der Waals surface area contributed by atoms with E-state index >= 15 is 0 Å². The van der Waals surface area contributed by atoms with E-state index in [0.717, 1.165) is 5.56 Å². The number of nitrogens with two attached hydrogens (primary N) is 1. The van der Waals surface area contributed by atoms with Crippen molar-refractivity contribution in [1.82, 2.24) is 4.90 Å². The van der Waals surface area contributed by atoms with Crippen molar-refractivity contribution in [1.29, 1.82) is 0 Å². The fourth-order valence-corrected chi connectivity index (χ4v) is 2.15. The molecule has 0 spiro atoms. The molecule has 112 valence electrons. The van der Waals surface area contributed by atoms with Crippen molar-refractivity contribution in [3.63, 3.8) is 0 Å². The third kappa shape index (κ3) is 7.88. The maximum atomic E-state index is 11.6. The fourth-order valence-electron chi connectivity index (χ4n) is 1.62. The summed E-state index contributed by atoms with van der Waals surface area (Å²) in [6.07, 6.45) is 0.390. The van der Waals surface area contributed by atoms with Crippen LogP contribution in [0.25, 0.3) is 0 Å². The second-order valence-electron chi connectivity index (χ2n) is 4.60. The number of carbonyl (C=O) groups excluding carboxylic acids is 1. The van der Waals surface area contributed by atoms with Crippen molar-refractivity contribution >= 4 is 16.0 Å². The SMILES string of the molecule is CN(CCCS(N)(=O)=O)CC(=O)OCc1ccccc1. The molecule has 0 atom stereocenters. The molecule has 1 aromatic rings. The minimum absolute atomic E-state index is 0.0869. The number of sulfonamides is 1. The number of ether oxygens (including phenoxy) is 1. The van der Waals surface area contributed by atoms with Crippen LogP contribution in [0.15, 0.2) is 30.3 Å². The first-order valence-corrected chi connectivity index (χ1v) is 7.97. The van der Waals surface area contributed by atoms with Crippen molar-refractivity contribution in [2.75, 3.05) is 25.9 Å². The molecule has 7 heteroatoms. The molecule has 0 aliphatic carbocycles. The highest BCUT2D eigenvalue weighted by molar-refractivity contribution is 7.89. The lowest BCUT2D eigenvalue weighted by molar-refractivity contribution is -0.145. The van der Waals surface area contributed by atoms with E-state index in [1.807, 2.05) is 30.3 Å². The summed E-state index contributed by atoms with van der Waals surface area (Å²) in [6.45, 7) is 0.832. The maximum Gasteiger partial charge on any atom is 0.320 e. The van der Waals surface area contributed by atoms with Crippen molar-refractivity contribution in [3.05, 3.63) is 35.9 Å². The Bertz CT molecular complexity index is 516. The van der Waals surface area contributed by atoms with Gasteiger partial charge in [0.1, 0.15) is 6.61 Å². The number of carbonyl (C=O) groups is 1. The number of hydrogen-bond donors (Lipinski definition) is 1. The smallest absolute Gasteiger partial charge is 0.320 e. The lowest BCUT2D eigenvalue weighted by atomic mass is 10.2. The zero-order valence-corrected chi connectivity index (χ0v) is 12.3. The van der Waals surface area contributed by atoms with Crippen LogP contribution in [0, 0.1) is 0 Å². The van der Waals surface area contributed by atoms with Gasteiger partial charge in [-0.1, -0.05) is 30.3 Å². The highest BCUT2D eigenvalue weighted by Gasteiger charge is 2.09. The Morgan fingerprint density at radius 2 is 1.95 bits per heavy atom. The van der Waals surface area contributed by atoms with E-state index in [9.17, 15) is 13.2 Å². The Morgan fingerprint density at radius 1 is 1.30 bits per heavy atom. The van der Waals surface area contributed by atoms with Crippen molar-refractivity contribution in [3.8, 4) is 0 Å². The predicted molar refractivity (Wildman–Crippen MR) is 76.3 cm³/mol. The van der Waals surface area contributed by atoms with Crippen LogP contribution in [-0.4, -0.2) is 45.2 Å². The van der Waals surface area contributed by atoms with Gasteiger partial charge >= 0.3 is 5.97 Å². The number of hydrogen-bond acceptors (Lipinski definition) is 5. The Balaban J connectivity index is 2.21. The molecule has 0 heterocycles. The largest absolute Gasteiger partial charge is 0.460 e. The molecule has 0 saturated heterocycles. The molecule has 0 aliphatic heterocycles. The lowest BCUT2D eigenvalue weighted by Gasteiger charge is -2.15. The first-order valence-electron chi connectivity index (χ1n) is 6.25. The van der Waals surface area contributed by atoms with Crippen LogP contribution in [-0.2, 0) is 26.2 Å². The molecule has 1 rings (SSSR count). The summed E-state index contributed by atoms with van der Waals surface area (Å²) in [7, 11) is -1.71. The second kappa shape index (κ2) is 7.98. The average molecular weight is 300 g/mol. The van der Waals surface area contributed by atoms with Crippen molar-refractivity contribution in [2.24, 2.45) is 5.14 Å². The van der Waals surface area contributed by atoms with E-state index < -0.39 is 10.0 Å². The van der Waals surface area contributed by atoms with E-state index in [2.05, 4.69) is 0 Å². The van der Waals surface area contributed by atoms with E-state index in [1.165, 1.54) is 0 Å². The molecule has 1 aromatic carbocycles. The predicted octanol–water partition coefficient (Wildman–Crippen LogP) is 0.340. The van der Waals surface area contributed by atoms with Gasteiger partial charge in [0, 0.05) is 0 Å². The van der Waals surface area contributed by atoms with E-state index in [1.54, 1.807) is 11.9 Å². The van der Waals surface area contributed by atoms with Gasteiger partial charge in [-0.3, -0.25) is 9.69 Å². The zero-order chi connectivity index (χ0) is 15.0. The van der Waals surface area contributed by atoms with Crippen LogP contribution in [0.1, 0.15) is 12.0 Å². The summed E-state index contributed by atoms with van der Waals surface area (Å²) in [6, 6.07) is 9.40. The summed E-state index contributed by atoms with van der Waals surface area (Å²) in [5.41, 5.74) is 0.928. The summed E-state index contributed by atoms with van der Waals surface area (Å²) in [5, 5.41) is 4.90. The van der Waals surface area contributed by atoms with Crippen molar-refractivity contribution < 1.29 is 17.9 Å². The summed E-state index contributed by atoms with van der Waals surface area (Å²) in [4.78, 5) is 13.3. The van der Waals surface area contributed by atoms with Gasteiger partial charge in [0.15, 0.2) is 0 Å². The number of likely N-dealkylation sites (N-methyl/N-ethyl adjacent to an activating group) is 1. The molecular weight excluding hydrogens is 280 g/mol. The van der Waals surface area contributed by atoms with Gasteiger partial charge in [0.05, 0.1) is 12.3 Å². The van der Waals surface area contributed by atoms with Crippen LogP contribution in [0.3, 0.4) is 0 Å². The first kappa shape index (κ1) is 16.6. The van der Waals surface area contributed by atoms with Crippen LogP contribution < -0.4 is 5.14 Å². The summed E-state index contributed by atoms with van der Waals surface area (Å²) in [5.74, 6) is -0.428. The van der Waals surface area contributed by atoms with Crippen LogP contribution in [0.5, 0.6) is 0 Å². The van der Waals surface area contributed by atoms with E-state index in [0.29, 0.717) is 13.0 Å². The Morgan fingerprint density at radius 3 is 2.55 bits per heavy atom. The molecule has 20 heavy (non-hydrogen) atoms. The molecule has 0 unspecified atom stereocenters. The number of rotatable bonds is 8. The van der Waals surface area contributed by atoms with Crippen LogP contribution in [0.4, 0.5) is 0 Å². The minimum atomic E-state index is -3.44. The highest BCUT2D eigenvalue weighted by atomic mass is 32.2. The Labute approximate surface area is 119 Å². The zero-order valence-electron chi connectivity index (χ0n) is 11.5. The lowest BCUT2D eigenvalue weighted by Crippen LogP contribution is -2.30. The van der Waals surface area contributed by atoms with Gasteiger partial charge in [-0.2, -0.15) is 0 Å². The molecule has 0 amide bonds. The van der Waals surface area contributed by atoms with Crippen LogP contribution >= 0.6 is 0 Å². The molecule has 0 aromatic heterocycles. The van der Waals surface area contributed by atoms with E-state index in [-0.39, 0.29) is 24.9 Å². The second-order valence-corrected chi connectivity index (χ2v) is 6.34. The van der Waals surface area contributed by atoms with Gasteiger partial charge in [0.2, 0.25) is 10.0 Å². The van der Waals surface area contributed by atoms with Gasteiger partial charge in [-0.15, -0.1) is 0 Å². The minimum Gasteiger partial charge on any atom is -0.460 e. The number of nitrogens with zero attached hydrogens (tertiary/aromatic N) is 1.